The van der Waals surface area contributed by atoms with E-state index in [4.69, 9.17) is 5.11 Å². The normalized spacial score (nSPS) is 15.5. The molecule has 0 saturated heterocycles. The lowest BCUT2D eigenvalue weighted by atomic mass is 10.2. The van der Waals surface area contributed by atoms with Crippen molar-refractivity contribution in [1.82, 2.24) is 5.32 Å². The van der Waals surface area contributed by atoms with Gasteiger partial charge in [0.05, 0.1) is 0 Å². The molecule has 2 atom stereocenters. The Morgan fingerprint density at radius 1 is 1.33 bits per heavy atom. The second-order valence-corrected chi connectivity index (χ2v) is 5.88. The molecule has 0 saturated carbocycles. The van der Waals surface area contributed by atoms with Crippen LogP contribution in [0.25, 0.3) is 0 Å². The van der Waals surface area contributed by atoms with Gasteiger partial charge in [-0.1, -0.05) is 20.8 Å². The average molecular weight is 235 g/mol. The average Bonchev–Trinajstić information content (AvgIpc) is 2.15. The largest absolute Gasteiger partial charge is 0.396 e. The first-order valence-corrected chi connectivity index (χ1v) is 7.28. The summed E-state index contributed by atoms with van der Waals surface area (Å²) in [7, 11) is -0.747. The minimum absolute atomic E-state index is 0.166. The Morgan fingerprint density at radius 3 is 2.47 bits per heavy atom. The lowest BCUT2D eigenvalue weighted by Gasteiger charge is -2.16. The van der Waals surface area contributed by atoms with Crippen LogP contribution in [0, 0.1) is 5.92 Å². The van der Waals surface area contributed by atoms with Gasteiger partial charge >= 0.3 is 0 Å². The second kappa shape index (κ2) is 9.31. The van der Waals surface area contributed by atoms with Crippen molar-refractivity contribution in [1.29, 1.82) is 0 Å². The molecule has 0 aromatic rings. The maximum Gasteiger partial charge on any atom is 0.0446 e. The van der Waals surface area contributed by atoms with E-state index in [1.807, 2.05) is 6.92 Å². The minimum atomic E-state index is -0.747. The van der Waals surface area contributed by atoms with Crippen LogP contribution in [0.4, 0.5) is 0 Å². The standard InChI is InChI=1S/C11H25NO2S/c1-4-12-11(5-7-13)9-15(14)8-6-10(2)3/h10-13H,4-9H2,1-3H3. The Morgan fingerprint density at radius 2 is 2.00 bits per heavy atom. The molecule has 92 valence electrons. The fourth-order valence-electron chi connectivity index (χ4n) is 1.36. The fourth-order valence-corrected chi connectivity index (χ4v) is 3.00. The van der Waals surface area contributed by atoms with Gasteiger partial charge in [-0.15, -0.1) is 0 Å². The minimum Gasteiger partial charge on any atom is -0.396 e. The van der Waals surface area contributed by atoms with Crippen LogP contribution in [0.5, 0.6) is 0 Å². The molecule has 4 heteroatoms. The van der Waals surface area contributed by atoms with Gasteiger partial charge in [-0.3, -0.25) is 4.21 Å². The van der Waals surface area contributed by atoms with Crippen LogP contribution in [-0.4, -0.2) is 40.0 Å². The van der Waals surface area contributed by atoms with Gasteiger partial charge in [0, 0.05) is 35.0 Å². The molecule has 0 aliphatic heterocycles. The zero-order chi connectivity index (χ0) is 11.7. The van der Waals surface area contributed by atoms with Gasteiger partial charge in [-0.2, -0.15) is 0 Å². The highest BCUT2D eigenvalue weighted by Crippen LogP contribution is 2.03. The molecule has 0 bridgehead atoms. The molecule has 0 spiro atoms. The highest BCUT2D eigenvalue weighted by atomic mass is 32.2. The Hall–Kier alpha value is 0.0700. The van der Waals surface area contributed by atoms with Gasteiger partial charge in [0.2, 0.25) is 0 Å². The lowest BCUT2D eigenvalue weighted by Crippen LogP contribution is -2.35. The number of rotatable bonds is 9. The highest BCUT2D eigenvalue weighted by Gasteiger charge is 2.11. The van der Waals surface area contributed by atoms with Crippen LogP contribution in [-0.2, 0) is 10.8 Å². The molecule has 0 aromatic heterocycles. The fraction of sp³-hybridized carbons (Fsp3) is 1.00. The maximum absolute atomic E-state index is 11.7. The van der Waals surface area contributed by atoms with E-state index in [1.54, 1.807) is 0 Å². The van der Waals surface area contributed by atoms with E-state index in [-0.39, 0.29) is 12.6 Å². The first-order valence-electron chi connectivity index (χ1n) is 5.79. The molecule has 15 heavy (non-hydrogen) atoms. The number of nitrogens with one attached hydrogen (secondary N) is 1. The zero-order valence-electron chi connectivity index (χ0n) is 10.2. The molecule has 0 aromatic carbocycles. The third kappa shape index (κ3) is 9.03. The predicted molar refractivity (Wildman–Crippen MR) is 66.5 cm³/mol. The van der Waals surface area contributed by atoms with Crippen LogP contribution in [0.3, 0.4) is 0 Å². The maximum atomic E-state index is 11.7. The second-order valence-electron chi connectivity index (χ2n) is 4.26. The van der Waals surface area contributed by atoms with Crippen LogP contribution in [0.2, 0.25) is 0 Å². The SMILES string of the molecule is CCNC(CCO)CS(=O)CCC(C)C. The van der Waals surface area contributed by atoms with Gasteiger partial charge in [-0.25, -0.2) is 0 Å². The van der Waals surface area contributed by atoms with Crippen molar-refractivity contribution in [3.05, 3.63) is 0 Å². The molecule has 0 aliphatic rings. The van der Waals surface area contributed by atoms with Crippen molar-refractivity contribution in [2.24, 2.45) is 5.92 Å². The molecule has 0 amide bonds. The van der Waals surface area contributed by atoms with Gasteiger partial charge in [0.1, 0.15) is 0 Å². The third-order valence-electron chi connectivity index (χ3n) is 2.28. The lowest BCUT2D eigenvalue weighted by molar-refractivity contribution is 0.270. The van der Waals surface area contributed by atoms with E-state index in [9.17, 15) is 4.21 Å². The molecule has 0 rings (SSSR count). The summed E-state index contributed by atoms with van der Waals surface area (Å²) in [5.41, 5.74) is 0. The summed E-state index contributed by atoms with van der Waals surface area (Å²) in [5.74, 6) is 2.07. The van der Waals surface area contributed by atoms with Gasteiger partial charge in [0.15, 0.2) is 0 Å². The highest BCUT2D eigenvalue weighted by molar-refractivity contribution is 7.85. The molecule has 0 heterocycles. The van der Waals surface area contributed by atoms with Crippen molar-refractivity contribution in [3.63, 3.8) is 0 Å². The molecule has 2 unspecified atom stereocenters. The van der Waals surface area contributed by atoms with E-state index < -0.39 is 10.8 Å². The van der Waals surface area contributed by atoms with E-state index in [0.29, 0.717) is 18.1 Å². The smallest absolute Gasteiger partial charge is 0.0446 e. The first kappa shape index (κ1) is 15.1. The summed E-state index contributed by atoms with van der Waals surface area (Å²) < 4.78 is 11.7. The predicted octanol–water partition coefficient (Wildman–Crippen LogP) is 1.14. The van der Waals surface area contributed by atoms with E-state index in [0.717, 1.165) is 18.7 Å². The number of hydrogen-bond acceptors (Lipinski definition) is 3. The first-order chi connectivity index (χ1) is 7.10. The van der Waals surface area contributed by atoms with Crippen molar-refractivity contribution in [2.45, 2.75) is 39.7 Å². The van der Waals surface area contributed by atoms with Gasteiger partial charge in [0.25, 0.3) is 0 Å². The molecule has 3 nitrogen and oxygen atoms in total. The van der Waals surface area contributed by atoms with Gasteiger partial charge in [-0.05, 0) is 25.3 Å². The van der Waals surface area contributed by atoms with Crippen molar-refractivity contribution in [3.8, 4) is 0 Å². The van der Waals surface area contributed by atoms with Crippen molar-refractivity contribution in [2.75, 3.05) is 24.7 Å². The molecule has 0 radical (unpaired) electrons. The molecule has 0 fully saturated rings. The quantitative estimate of drug-likeness (QED) is 0.630. The number of aliphatic hydroxyl groups excluding tert-OH is 1. The summed E-state index contributed by atoms with van der Waals surface area (Å²) >= 11 is 0. The summed E-state index contributed by atoms with van der Waals surface area (Å²) in [6, 6.07) is 0.202. The summed E-state index contributed by atoms with van der Waals surface area (Å²) in [4.78, 5) is 0. The van der Waals surface area contributed by atoms with Gasteiger partial charge < -0.3 is 10.4 Å². The van der Waals surface area contributed by atoms with Crippen LogP contribution in [0.1, 0.15) is 33.6 Å². The summed E-state index contributed by atoms with van der Waals surface area (Å²) in [5, 5.41) is 12.1. The molecular formula is C11H25NO2S. The zero-order valence-corrected chi connectivity index (χ0v) is 11.0. The molecule has 0 aliphatic carbocycles. The summed E-state index contributed by atoms with van der Waals surface area (Å²) in [6.07, 6.45) is 1.71. The number of hydrogen-bond donors (Lipinski definition) is 2. The van der Waals surface area contributed by atoms with E-state index in [2.05, 4.69) is 19.2 Å². The molecular weight excluding hydrogens is 210 g/mol. The van der Waals surface area contributed by atoms with Crippen molar-refractivity contribution < 1.29 is 9.32 Å². The van der Waals surface area contributed by atoms with Crippen LogP contribution >= 0.6 is 0 Å². The van der Waals surface area contributed by atoms with Crippen LogP contribution < -0.4 is 5.32 Å². The van der Waals surface area contributed by atoms with Crippen molar-refractivity contribution >= 4 is 10.8 Å². The topological polar surface area (TPSA) is 49.3 Å². The van der Waals surface area contributed by atoms with E-state index in [1.165, 1.54) is 0 Å². The third-order valence-corrected chi connectivity index (χ3v) is 3.75. The Labute approximate surface area is 96.1 Å². The summed E-state index contributed by atoms with van der Waals surface area (Å²) in [6.45, 7) is 7.35. The monoisotopic (exact) mass is 235 g/mol. The van der Waals surface area contributed by atoms with Crippen LogP contribution in [0.15, 0.2) is 0 Å². The Balaban J connectivity index is 3.77. The number of aliphatic hydroxyl groups is 1. The Bertz CT molecular complexity index is 168. The molecule has 2 N–H and O–H groups in total. The van der Waals surface area contributed by atoms with E-state index >= 15 is 0 Å². The Kier molecular flexibility index (Phi) is 9.35.